The molecular weight excluding hydrogens is 462 g/mol. The molecule has 0 aromatic rings. The number of nitrogens with zero attached hydrogens (tertiary/aromatic N) is 1. The van der Waals surface area contributed by atoms with E-state index in [1.54, 1.807) is 13.8 Å². The van der Waals surface area contributed by atoms with Crippen molar-refractivity contribution in [2.75, 3.05) is 44.7 Å². The number of ketones is 1. The van der Waals surface area contributed by atoms with E-state index >= 15 is 0 Å². The van der Waals surface area contributed by atoms with Crippen molar-refractivity contribution in [2.45, 2.75) is 58.9 Å². The topological polar surface area (TPSA) is 170 Å². The second kappa shape index (κ2) is 12.9. The van der Waals surface area contributed by atoms with E-state index in [-0.39, 0.29) is 24.5 Å². The largest absolute Gasteiger partial charge is 0.350 e. The van der Waals surface area contributed by atoms with Gasteiger partial charge in [0.05, 0.1) is 17.0 Å². The maximum atomic E-state index is 12.1. The van der Waals surface area contributed by atoms with Crippen molar-refractivity contribution in [1.82, 2.24) is 15.5 Å². The van der Waals surface area contributed by atoms with Gasteiger partial charge in [-0.25, -0.2) is 0 Å². The van der Waals surface area contributed by atoms with Crippen molar-refractivity contribution in [2.24, 2.45) is 5.41 Å². The molecule has 0 fully saturated rings. The first-order valence-electron chi connectivity index (χ1n) is 10.4. The quantitative estimate of drug-likeness (QED) is 0.161. The molecule has 190 valence electrons. The molecule has 32 heavy (non-hydrogen) atoms. The average molecular weight is 502 g/mol. The molecule has 0 aliphatic rings. The Hall–Kier alpha value is -1.12. The average Bonchev–Trinajstić information content (AvgIpc) is 2.50. The van der Waals surface area contributed by atoms with Gasteiger partial charge >= 0.3 is 0 Å². The molecule has 0 heterocycles. The Morgan fingerprint density at radius 3 is 1.97 bits per heavy atom. The number of carbonyl (C=O) groups is 2. The van der Waals surface area contributed by atoms with E-state index in [0.717, 1.165) is 13.0 Å². The minimum atomic E-state index is -4.19. The van der Waals surface area contributed by atoms with Gasteiger partial charge in [-0.2, -0.15) is 16.8 Å². The first-order chi connectivity index (χ1) is 14.3. The molecule has 0 atom stereocenters. The Bertz CT molecular complexity index is 824. The van der Waals surface area contributed by atoms with Gasteiger partial charge in [0, 0.05) is 32.4 Å². The predicted molar refractivity (Wildman–Crippen MR) is 123 cm³/mol. The van der Waals surface area contributed by atoms with Gasteiger partial charge in [0.25, 0.3) is 20.2 Å². The van der Waals surface area contributed by atoms with Gasteiger partial charge in [0.2, 0.25) is 5.91 Å². The first kappa shape index (κ1) is 30.9. The van der Waals surface area contributed by atoms with Crippen molar-refractivity contribution in [3.05, 3.63) is 0 Å². The lowest BCUT2D eigenvalue weighted by Crippen LogP contribution is -2.48. The number of amides is 1. The van der Waals surface area contributed by atoms with Gasteiger partial charge in [-0.15, -0.1) is 0 Å². The number of rotatable bonds is 17. The first-order valence-corrected chi connectivity index (χ1v) is 13.6. The van der Waals surface area contributed by atoms with Crippen LogP contribution in [0.2, 0.25) is 0 Å². The minimum absolute atomic E-state index is 0.0634. The molecule has 4 N–H and O–H groups in total. The standard InChI is InChI=1S/C19H39N3O8S2/c1-18(2,14-31(25,26)27)13-16(23)8-12-22(5)11-6-9-20-10-7-17(24)21-19(3,4)15-32(28,29)30/h20H,6-15H2,1-5H3,(H,21,24)(H,25,26,27)(H,28,29,30). The van der Waals surface area contributed by atoms with Crippen LogP contribution in [0.1, 0.15) is 53.4 Å². The third-order valence-corrected chi connectivity index (χ3v) is 6.70. The van der Waals surface area contributed by atoms with Crippen LogP contribution in [0.5, 0.6) is 0 Å². The van der Waals surface area contributed by atoms with E-state index in [1.807, 2.05) is 11.9 Å². The Labute approximate surface area is 192 Å². The minimum Gasteiger partial charge on any atom is -0.350 e. The Morgan fingerprint density at radius 2 is 1.44 bits per heavy atom. The highest BCUT2D eigenvalue weighted by Gasteiger charge is 2.28. The summed E-state index contributed by atoms with van der Waals surface area (Å²) in [5, 5.41) is 5.69. The van der Waals surface area contributed by atoms with Crippen LogP contribution in [0.3, 0.4) is 0 Å². The monoisotopic (exact) mass is 501 g/mol. The van der Waals surface area contributed by atoms with E-state index in [4.69, 9.17) is 9.11 Å². The van der Waals surface area contributed by atoms with Crippen LogP contribution in [0.25, 0.3) is 0 Å². The second-order valence-electron chi connectivity index (χ2n) is 9.67. The fraction of sp³-hybridized carbons (Fsp3) is 0.895. The smallest absolute Gasteiger partial charge is 0.267 e. The third kappa shape index (κ3) is 18.5. The summed E-state index contributed by atoms with van der Waals surface area (Å²) >= 11 is 0. The SMILES string of the molecule is CN(CCCNCCC(=O)NC(C)(C)CS(=O)(=O)O)CCC(=O)CC(C)(C)CS(=O)(=O)O. The lowest BCUT2D eigenvalue weighted by Gasteiger charge is -2.24. The van der Waals surface area contributed by atoms with Crippen molar-refractivity contribution in [3.63, 3.8) is 0 Å². The molecule has 0 aliphatic carbocycles. The van der Waals surface area contributed by atoms with E-state index in [1.165, 1.54) is 13.8 Å². The predicted octanol–water partition coefficient (Wildman–Crippen LogP) is 0.334. The summed E-state index contributed by atoms with van der Waals surface area (Å²) in [5.41, 5.74) is -1.88. The highest BCUT2D eigenvalue weighted by molar-refractivity contribution is 7.86. The highest BCUT2D eigenvalue weighted by atomic mass is 32.2. The van der Waals surface area contributed by atoms with E-state index < -0.39 is 42.7 Å². The molecule has 0 unspecified atom stereocenters. The Balaban J connectivity index is 3.99. The summed E-state index contributed by atoms with van der Waals surface area (Å²) in [7, 11) is -6.44. The molecule has 0 rings (SSSR count). The number of hydrogen-bond acceptors (Lipinski definition) is 8. The van der Waals surface area contributed by atoms with Gasteiger partial charge in [-0.3, -0.25) is 18.7 Å². The number of nitrogens with one attached hydrogen (secondary N) is 2. The molecule has 13 heteroatoms. The fourth-order valence-corrected chi connectivity index (χ4v) is 5.40. The van der Waals surface area contributed by atoms with E-state index in [9.17, 15) is 26.4 Å². The van der Waals surface area contributed by atoms with Gasteiger partial charge in [0.1, 0.15) is 5.78 Å². The van der Waals surface area contributed by atoms with Crippen molar-refractivity contribution >= 4 is 31.9 Å². The van der Waals surface area contributed by atoms with Crippen molar-refractivity contribution in [1.29, 1.82) is 0 Å². The van der Waals surface area contributed by atoms with Crippen molar-refractivity contribution in [3.8, 4) is 0 Å². The third-order valence-electron chi connectivity index (χ3n) is 4.46. The number of Topliss-reactive ketones (excluding diaryl/α,β-unsaturated/α-hetero) is 1. The maximum absolute atomic E-state index is 12.1. The fourth-order valence-electron chi connectivity index (χ4n) is 3.33. The van der Waals surface area contributed by atoms with Crippen LogP contribution in [-0.2, 0) is 29.8 Å². The summed E-state index contributed by atoms with van der Waals surface area (Å²) in [6.45, 7) is 8.62. The van der Waals surface area contributed by atoms with Crippen LogP contribution in [0, 0.1) is 5.41 Å². The Kier molecular flexibility index (Phi) is 12.5. The summed E-state index contributed by atoms with van der Waals surface area (Å²) in [6.07, 6.45) is 1.32. The Morgan fingerprint density at radius 1 is 0.875 bits per heavy atom. The lowest BCUT2D eigenvalue weighted by atomic mass is 9.89. The van der Waals surface area contributed by atoms with Crippen molar-refractivity contribution < 1.29 is 35.5 Å². The highest BCUT2D eigenvalue weighted by Crippen LogP contribution is 2.23. The normalized spacial score (nSPS) is 13.4. The zero-order valence-corrected chi connectivity index (χ0v) is 21.3. The molecule has 1 amide bonds. The molecule has 0 aromatic heterocycles. The van der Waals surface area contributed by atoms with Crippen LogP contribution in [0.15, 0.2) is 0 Å². The zero-order chi connectivity index (χ0) is 25.2. The molecule has 0 aliphatic heterocycles. The summed E-state index contributed by atoms with van der Waals surface area (Å²) < 4.78 is 61.8. The number of carbonyl (C=O) groups excluding carboxylic acids is 2. The van der Waals surface area contributed by atoms with E-state index in [2.05, 4.69) is 10.6 Å². The summed E-state index contributed by atoms with van der Waals surface area (Å²) in [5.74, 6) is -1.40. The van der Waals surface area contributed by atoms with Gasteiger partial charge in [0.15, 0.2) is 0 Å². The molecule has 0 saturated carbocycles. The zero-order valence-electron chi connectivity index (χ0n) is 19.7. The van der Waals surface area contributed by atoms with Gasteiger partial charge < -0.3 is 15.5 Å². The lowest BCUT2D eigenvalue weighted by molar-refractivity contribution is -0.122. The summed E-state index contributed by atoms with van der Waals surface area (Å²) in [4.78, 5) is 26.0. The van der Waals surface area contributed by atoms with E-state index in [0.29, 0.717) is 26.1 Å². The van der Waals surface area contributed by atoms with Crippen LogP contribution < -0.4 is 10.6 Å². The molecule has 0 radical (unpaired) electrons. The summed E-state index contributed by atoms with van der Waals surface area (Å²) in [6, 6.07) is 0. The van der Waals surface area contributed by atoms with Crippen LogP contribution >= 0.6 is 0 Å². The number of hydrogen-bond donors (Lipinski definition) is 4. The van der Waals surface area contributed by atoms with Gasteiger partial charge in [-0.05, 0) is 45.8 Å². The molecule has 0 saturated heterocycles. The maximum Gasteiger partial charge on any atom is 0.267 e. The molecule has 0 bridgehead atoms. The second-order valence-corrected chi connectivity index (χ2v) is 12.6. The molecular formula is C19H39N3O8S2. The molecule has 0 spiro atoms. The van der Waals surface area contributed by atoms with Crippen LogP contribution in [-0.4, -0.2) is 92.8 Å². The van der Waals surface area contributed by atoms with Gasteiger partial charge in [-0.1, -0.05) is 13.8 Å². The molecule has 11 nitrogen and oxygen atoms in total. The van der Waals surface area contributed by atoms with Crippen LogP contribution in [0.4, 0.5) is 0 Å². The molecule has 0 aromatic carbocycles.